The third-order valence-corrected chi connectivity index (χ3v) is 8.73. The van der Waals surface area contributed by atoms with Crippen LogP contribution in [-0.4, -0.2) is 58.5 Å². The average molecular weight is 585 g/mol. The molecule has 1 aliphatic heterocycles. The van der Waals surface area contributed by atoms with Crippen LogP contribution in [0.2, 0.25) is 0 Å². The first-order valence-corrected chi connectivity index (χ1v) is 15.3. The van der Waals surface area contributed by atoms with E-state index in [0.29, 0.717) is 11.4 Å². The fraction of sp³-hybridized carbons (Fsp3) is 0.243. The number of aromatic nitrogens is 3. The molecule has 0 unspecified atom stereocenters. The molecule has 0 amide bonds. The minimum Gasteiger partial charge on any atom is -0.496 e. The Labute approximate surface area is 256 Å². The van der Waals surface area contributed by atoms with Crippen LogP contribution in [-0.2, 0) is 6.54 Å². The van der Waals surface area contributed by atoms with Crippen molar-refractivity contribution in [1.29, 1.82) is 0 Å². The smallest absolute Gasteiger partial charge is 0.216 e. The molecule has 44 heavy (non-hydrogen) atoms. The predicted molar refractivity (Wildman–Crippen MR) is 177 cm³/mol. The first-order valence-electron chi connectivity index (χ1n) is 15.3. The molecule has 7 heteroatoms. The molecule has 1 saturated heterocycles. The van der Waals surface area contributed by atoms with Crippen LogP contribution >= 0.6 is 0 Å². The molecule has 1 fully saturated rings. The Morgan fingerprint density at radius 3 is 2.32 bits per heavy atom. The van der Waals surface area contributed by atoms with Gasteiger partial charge < -0.3 is 18.9 Å². The lowest BCUT2D eigenvalue weighted by Crippen LogP contribution is -2.32. The van der Waals surface area contributed by atoms with Gasteiger partial charge in [-0.2, -0.15) is 0 Å². The van der Waals surface area contributed by atoms with Crippen LogP contribution in [0.3, 0.4) is 0 Å². The van der Waals surface area contributed by atoms with Crippen molar-refractivity contribution in [3.05, 3.63) is 102 Å². The van der Waals surface area contributed by atoms with Crippen LogP contribution in [0, 0.1) is 0 Å². The number of imidazole rings is 2. The zero-order chi connectivity index (χ0) is 30.0. The number of ether oxygens (including phenoxy) is 2. The molecule has 0 N–H and O–H groups in total. The fourth-order valence-corrected chi connectivity index (χ4v) is 6.58. The molecule has 1 aliphatic rings. The predicted octanol–water partition coefficient (Wildman–Crippen LogP) is 7.51. The zero-order valence-corrected chi connectivity index (χ0v) is 25.2. The second-order valence-corrected chi connectivity index (χ2v) is 11.3. The Balaban J connectivity index is 1.37. The number of benzene rings is 4. The van der Waals surface area contributed by atoms with E-state index in [9.17, 15) is 4.79 Å². The molecule has 0 bridgehead atoms. The Hall–Kier alpha value is -4.88. The maximum atomic E-state index is 14.3. The number of allylic oxidation sites excluding steroid dienone is 1. The first kappa shape index (κ1) is 27.9. The van der Waals surface area contributed by atoms with Gasteiger partial charge in [-0.1, -0.05) is 73.2 Å². The molecule has 0 saturated carbocycles. The zero-order valence-electron chi connectivity index (χ0n) is 25.2. The summed E-state index contributed by atoms with van der Waals surface area (Å²) in [5, 5.41) is 1.82. The topological polar surface area (TPSA) is 61.0 Å². The number of carbonyl (C=O) groups excluding carboxylic acids is 1. The molecule has 0 aliphatic carbocycles. The van der Waals surface area contributed by atoms with E-state index in [1.165, 1.54) is 19.3 Å². The van der Waals surface area contributed by atoms with Crippen LogP contribution in [0.1, 0.15) is 35.3 Å². The van der Waals surface area contributed by atoms with Gasteiger partial charge in [-0.15, -0.1) is 0 Å². The van der Waals surface area contributed by atoms with Crippen molar-refractivity contribution in [2.24, 2.45) is 0 Å². The van der Waals surface area contributed by atoms with E-state index >= 15 is 0 Å². The first-order chi connectivity index (χ1) is 21.7. The molecule has 222 valence electrons. The molecular formula is C37H36N4O3. The highest BCUT2D eigenvalue weighted by Crippen LogP contribution is 2.36. The molecule has 0 radical (unpaired) electrons. The van der Waals surface area contributed by atoms with Gasteiger partial charge in [0.25, 0.3) is 0 Å². The minimum atomic E-state index is -0.117. The standard InChI is InChI=1S/C37H36N4O3/c1-43-32-21-19-26(34-28(32)14-11-17-33(34)44-2)18-20-31(42)36-35(27-12-5-3-6-13-27)38-37-40(25-24-39-22-9-4-10-23-39)29-15-7-8-16-30(29)41(36)37/h3,5-8,11-21H,4,9-10,22-25H2,1-2H3. The highest BCUT2D eigenvalue weighted by Gasteiger charge is 2.25. The normalized spacial score (nSPS) is 14.2. The molecule has 4 aromatic carbocycles. The number of hydrogen-bond acceptors (Lipinski definition) is 5. The molecule has 7 nitrogen and oxygen atoms in total. The van der Waals surface area contributed by atoms with Gasteiger partial charge in [0.2, 0.25) is 11.6 Å². The monoisotopic (exact) mass is 584 g/mol. The number of piperidine rings is 1. The van der Waals surface area contributed by atoms with Crippen molar-refractivity contribution < 1.29 is 14.3 Å². The molecule has 6 aromatic rings. The number of fused-ring (bicyclic) bond motifs is 4. The van der Waals surface area contributed by atoms with E-state index in [-0.39, 0.29) is 5.78 Å². The Kier molecular flexibility index (Phi) is 7.62. The molecule has 0 atom stereocenters. The Morgan fingerprint density at radius 2 is 1.55 bits per heavy atom. The summed E-state index contributed by atoms with van der Waals surface area (Å²) in [4.78, 5) is 22.1. The van der Waals surface area contributed by atoms with Gasteiger partial charge in [0.15, 0.2) is 0 Å². The summed E-state index contributed by atoms with van der Waals surface area (Å²) in [5.41, 5.74) is 5.08. The van der Waals surface area contributed by atoms with Gasteiger partial charge in [-0.05, 0) is 61.8 Å². The van der Waals surface area contributed by atoms with Gasteiger partial charge in [0.1, 0.15) is 22.9 Å². The number of para-hydroxylation sites is 2. The third kappa shape index (κ3) is 4.93. The van der Waals surface area contributed by atoms with E-state index in [4.69, 9.17) is 14.5 Å². The number of carbonyl (C=O) groups is 1. The van der Waals surface area contributed by atoms with Crippen molar-refractivity contribution in [2.45, 2.75) is 25.8 Å². The summed E-state index contributed by atoms with van der Waals surface area (Å²) in [6, 6.07) is 28.0. The lowest BCUT2D eigenvalue weighted by Gasteiger charge is -2.26. The van der Waals surface area contributed by atoms with Crippen LogP contribution in [0.25, 0.3) is 44.9 Å². The van der Waals surface area contributed by atoms with Gasteiger partial charge in [0, 0.05) is 29.4 Å². The third-order valence-electron chi connectivity index (χ3n) is 8.73. The van der Waals surface area contributed by atoms with Crippen molar-refractivity contribution >= 4 is 39.4 Å². The summed E-state index contributed by atoms with van der Waals surface area (Å²) in [6.45, 7) is 4.04. The number of ketones is 1. The number of likely N-dealkylation sites (tertiary alicyclic amines) is 1. The van der Waals surface area contributed by atoms with Crippen LogP contribution in [0.4, 0.5) is 0 Å². The van der Waals surface area contributed by atoms with E-state index in [2.05, 4.69) is 27.7 Å². The average Bonchev–Trinajstić information content (AvgIpc) is 3.62. The van der Waals surface area contributed by atoms with Crippen molar-refractivity contribution in [3.63, 3.8) is 0 Å². The summed E-state index contributed by atoms with van der Waals surface area (Å²) < 4.78 is 15.6. The second-order valence-electron chi connectivity index (χ2n) is 11.3. The van der Waals surface area contributed by atoms with Gasteiger partial charge in [-0.25, -0.2) is 4.98 Å². The number of rotatable bonds is 9. The largest absolute Gasteiger partial charge is 0.496 e. The van der Waals surface area contributed by atoms with E-state index in [1.54, 1.807) is 20.3 Å². The van der Waals surface area contributed by atoms with Gasteiger partial charge >= 0.3 is 0 Å². The fourth-order valence-electron chi connectivity index (χ4n) is 6.58. The maximum absolute atomic E-state index is 14.3. The maximum Gasteiger partial charge on any atom is 0.216 e. The number of methoxy groups -OCH3 is 2. The van der Waals surface area contributed by atoms with Gasteiger partial charge in [-0.3, -0.25) is 9.20 Å². The van der Waals surface area contributed by atoms with E-state index < -0.39 is 0 Å². The highest BCUT2D eigenvalue weighted by molar-refractivity contribution is 6.12. The molecule has 3 heterocycles. The Bertz CT molecular complexity index is 2000. The SMILES string of the molecule is COc1ccc(C=CC(=O)c2c(-c3ccccc3)nc3n(CCN4CCCCC4)c4ccccc4n23)c2c(OC)cccc12. The lowest BCUT2D eigenvalue weighted by molar-refractivity contribution is 0.104. The van der Waals surface area contributed by atoms with Gasteiger partial charge in [0.05, 0.1) is 25.3 Å². The van der Waals surface area contributed by atoms with Crippen molar-refractivity contribution in [3.8, 4) is 22.8 Å². The number of hydrogen-bond donors (Lipinski definition) is 0. The molecule has 0 spiro atoms. The van der Waals surface area contributed by atoms with Crippen LogP contribution in [0.15, 0.2) is 91.0 Å². The highest BCUT2D eigenvalue weighted by atomic mass is 16.5. The van der Waals surface area contributed by atoms with E-state index in [1.807, 2.05) is 77.2 Å². The second kappa shape index (κ2) is 12.0. The van der Waals surface area contributed by atoms with Crippen molar-refractivity contribution in [1.82, 2.24) is 18.9 Å². The molecule has 2 aromatic heterocycles. The quantitative estimate of drug-likeness (QED) is 0.130. The van der Waals surface area contributed by atoms with Crippen LogP contribution in [0.5, 0.6) is 11.5 Å². The molecular weight excluding hydrogens is 548 g/mol. The summed E-state index contributed by atoms with van der Waals surface area (Å²) in [6.07, 6.45) is 7.35. The van der Waals surface area contributed by atoms with Crippen LogP contribution < -0.4 is 9.47 Å². The summed E-state index contributed by atoms with van der Waals surface area (Å²) >= 11 is 0. The lowest BCUT2D eigenvalue weighted by atomic mass is 10.0. The van der Waals surface area contributed by atoms with E-state index in [0.717, 1.165) is 76.4 Å². The summed E-state index contributed by atoms with van der Waals surface area (Å²) in [5.74, 6) is 2.15. The van der Waals surface area contributed by atoms with Crippen molar-refractivity contribution in [2.75, 3.05) is 33.9 Å². The number of nitrogens with zero attached hydrogens (tertiary/aromatic N) is 4. The minimum absolute atomic E-state index is 0.117. The summed E-state index contributed by atoms with van der Waals surface area (Å²) in [7, 11) is 3.31. The Morgan fingerprint density at radius 1 is 0.795 bits per heavy atom. The molecule has 7 rings (SSSR count).